The van der Waals surface area contributed by atoms with E-state index in [1.807, 2.05) is 61.5 Å². The van der Waals surface area contributed by atoms with Crippen LogP contribution in [0.5, 0.6) is 0 Å². The Balaban J connectivity index is 1.91. The molecule has 3 N–H and O–H groups in total. The molecule has 0 aliphatic rings. The SMILES string of the molecule is CCOCc1ccc(NC(=O)NC(CO)c2ccccc2)cc1. The number of benzene rings is 2. The maximum Gasteiger partial charge on any atom is 0.319 e. The van der Waals surface area contributed by atoms with E-state index in [2.05, 4.69) is 10.6 Å². The molecule has 0 saturated carbocycles. The van der Waals surface area contributed by atoms with Crippen molar-refractivity contribution in [2.75, 3.05) is 18.5 Å². The van der Waals surface area contributed by atoms with Crippen LogP contribution in [0.2, 0.25) is 0 Å². The first-order valence-electron chi connectivity index (χ1n) is 7.63. The minimum Gasteiger partial charge on any atom is -0.394 e. The molecule has 5 nitrogen and oxygen atoms in total. The summed E-state index contributed by atoms with van der Waals surface area (Å²) in [6.07, 6.45) is 0. The van der Waals surface area contributed by atoms with Crippen LogP contribution in [0.4, 0.5) is 10.5 Å². The van der Waals surface area contributed by atoms with Gasteiger partial charge in [0.2, 0.25) is 0 Å². The van der Waals surface area contributed by atoms with Gasteiger partial charge in [0.1, 0.15) is 0 Å². The number of ether oxygens (including phenoxy) is 1. The van der Waals surface area contributed by atoms with Crippen LogP contribution in [-0.2, 0) is 11.3 Å². The number of aliphatic hydroxyl groups excluding tert-OH is 1. The smallest absolute Gasteiger partial charge is 0.319 e. The van der Waals surface area contributed by atoms with Crippen molar-refractivity contribution < 1.29 is 14.6 Å². The van der Waals surface area contributed by atoms with Crippen LogP contribution >= 0.6 is 0 Å². The highest BCUT2D eigenvalue weighted by molar-refractivity contribution is 5.89. The van der Waals surface area contributed by atoms with Crippen molar-refractivity contribution in [1.82, 2.24) is 5.32 Å². The van der Waals surface area contributed by atoms with Crippen molar-refractivity contribution in [2.45, 2.75) is 19.6 Å². The number of urea groups is 1. The molecule has 2 rings (SSSR count). The number of nitrogens with one attached hydrogen (secondary N) is 2. The van der Waals surface area contributed by atoms with Crippen molar-refractivity contribution in [2.24, 2.45) is 0 Å². The molecule has 0 fully saturated rings. The van der Waals surface area contributed by atoms with Crippen molar-refractivity contribution in [1.29, 1.82) is 0 Å². The van der Waals surface area contributed by atoms with Gasteiger partial charge >= 0.3 is 6.03 Å². The number of hydrogen-bond donors (Lipinski definition) is 3. The van der Waals surface area contributed by atoms with Crippen LogP contribution in [0.15, 0.2) is 54.6 Å². The monoisotopic (exact) mass is 314 g/mol. The van der Waals surface area contributed by atoms with Crippen molar-refractivity contribution in [3.63, 3.8) is 0 Å². The average molecular weight is 314 g/mol. The molecule has 0 aromatic heterocycles. The summed E-state index contributed by atoms with van der Waals surface area (Å²) in [6, 6.07) is 16.0. The Kier molecular flexibility index (Phi) is 6.59. The third-order valence-corrected chi connectivity index (χ3v) is 3.37. The number of aliphatic hydroxyl groups is 1. The standard InChI is InChI=1S/C18H22N2O3/c1-2-23-13-14-8-10-16(11-9-14)19-18(22)20-17(12-21)15-6-4-3-5-7-15/h3-11,17,21H,2,12-13H2,1H3,(H2,19,20,22). The lowest BCUT2D eigenvalue weighted by molar-refractivity contribution is 0.134. The molecular weight excluding hydrogens is 292 g/mol. The van der Waals surface area contributed by atoms with Gasteiger partial charge in [-0.25, -0.2) is 4.79 Å². The van der Waals surface area contributed by atoms with Gasteiger partial charge in [0.15, 0.2) is 0 Å². The van der Waals surface area contributed by atoms with Crippen LogP contribution < -0.4 is 10.6 Å². The van der Waals surface area contributed by atoms with Gasteiger partial charge in [-0.05, 0) is 30.2 Å². The summed E-state index contributed by atoms with van der Waals surface area (Å²) in [5.74, 6) is 0. The number of hydrogen-bond acceptors (Lipinski definition) is 3. The highest BCUT2D eigenvalue weighted by Gasteiger charge is 2.13. The third-order valence-electron chi connectivity index (χ3n) is 3.37. The lowest BCUT2D eigenvalue weighted by Crippen LogP contribution is -2.34. The van der Waals surface area contributed by atoms with Crippen LogP contribution in [0.3, 0.4) is 0 Å². The zero-order chi connectivity index (χ0) is 16.5. The first-order chi connectivity index (χ1) is 11.2. The molecule has 0 heterocycles. The topological polar surface area (TPSA) is 70.6 Å². The second-order valence-electron chi connectivity index (χ2n) is 5.08. The fraction of sp³-hybridized carbons (Fsp3) is 0.278. The fourth-order valence-corrected chi connectivity index (χ4v) is 2.15. The van der Waals surface area contributed by atoms with Gasteiger partial charge in [-0.1, -0.05) is 42.5 Å². The van der Waals surface area contributed by atoms with Crippen molar-refractivity contribution in [3.05, 3.63) is 65.7 Å². The number of carbonyl (C=O) groups excluding carboxylic acids is 1. The molecule has 2 aromatic rings. The highest BCUT2D eigenvalue weighted by atomic mass is 16.5. The molecule has 5 heteroatoms. The molecule has 0 spiro atoms. The summed E-state index contributed by atoms with van der Waals surface area (Å²) in [6.45, 7) is 3.02. The summed E-state index contributed by atoms with van der Waals surface area (Å²) in [5, 5.41) is 15.0. The van der Waals surface area contributed by atoms with Crippen molar-refractivity contribution in [3.8, 4) is 0 Å². The molecule has 0 aliphatic heterocycles. The normalized spacial score (nSPS) is 11.7. The fourth-order valence-electron chi connectivity index (χ4n) is 2.15. The minimum absolute atomic E-state index is 0.162. The largest absolute Gasteiger partial charge is 0.394 e. The Morgan fingerprint density at radius 1 is 1.13 bits per heavy atom. The van der Waals surface area contributed by atoms with E-state index < -0.39 is 6.04 Å². The van der Waals surface area contributed by atoms with Gasteiger partial charge in [0.25, 0.3) is 0 Å². The molecule has 0 bridgehead atoms. The van der Waals surface area contributed by atoms with Crippen LogP contribution in [-0.4, -0.2) is 24.4 Å². The highest BCUT2D eigenvalue weighted by Crippen LogP contribution is 2.13. The van der Waals surface area contributed by atoms with E-state index in [-0.39, 0.29) is 12.6 Å². The Morgan fingerprint density at radius 2 is 1.83 bits per heavy atom. The third kappa shape index (κ3) is 5.39. The summed E-state index contributed by atoms with van der Waals surface area (Å²) in [5.41, 5.74) is 2.60. The van der Waals surface area contributed by atoms with Gasteiger partial charge < -0.3 is 20.5 Å². The van der Waals surface area contributed by atoms with Crippen LogP contribution in [0.25, 0.3) is 0 Å². The quantitative estimate of drug-likeness (QED) is 0.735. The Hall–Kier alpha value is -2.37. The lowest BCUT2D eigenvalue weighted by Gasteiger charge is -2.17. The van der Waals surface area contributed by atoms with Crippen LogP contribution in [0.1, 0.15) is 24.1 Å². The Bertz CT molecular complexity index is 599. The maximum absolute atomic E-state index is 12.1. The van der Waals surface area contributed by atoms with E-state index in [4.69, 9.17) is 4.74 Å². The zero-order valence-corrected chi connectivity index (χ0v) is 13.2. The van der Waals surface area contributed by atoms with E-state index in [1.165, 1.54) is 0 Å². The number of rotatable bonds is 7. The predicted octanol–water partition coefficient (Wildman–Crippen LogP) is 3.08. The number of carbonyl (C=O) groups is 1. The number of anilines is 1. The molecule has 122 valence electrons. The summed E-state index contributed by atoms with van der Waals surface area (Å²) in [7, 11) is 0. The van der Waals surface area contributed by atoms with Crippen LogP contribution in [0, 0.1) is 0 Å². The van der Waals surface area contributed by atoms with E-state index in [1.54, 1.807) is 0 Å². The van der Waals surface area contributed by atoms with E-state index >= 15 is 0 Å². The van der Waals surface area contributed by atoms with E-state index in [0.717, 1.165) is 11.1 Å². The van der Waals surface area contributed by atoms with Crippen molar-refractivity contribution >= 4 is 11.7 Å². The molecule has 0 aliphatic carbocycles. The molecule has 23 heavy (non-hydrogen) atoms. The molecule has 1 atom stereocenters. The predicted molar refractivity (Wildman–Crippen MR) is 90.2 cm³/mol. The van der Waals surface area contributed by atoms with Gasteiger partial charge in [0.05, 0.1) is 19.3 Å². The summed E-state index contributed by atoms with van der Waals surface area (Å²) < 4.78 is 5.33. The molecule has 2 aromatic carbocycles. The van der Waals surface area contributed by atoms with Gasteiger partial charge in [-0.2, -0.15) is 0 Å². The minimum atomic E-state index is -0.437. The first-order valence-corrected chi connectivity index (χ1v) is 7.63. The van der Waals surface area contributed by atoms with E-state index in [9.17, 15) is 9.90 Å². The number of amides is 2. The summed E-state index contributed by atoms with van der Waals surface area (Å²) in [4.78, 5) is 12.1. The Labute approximate surface area is 136 Å². The molecule has 2 amide bonds. The van der Waals surface area contributed by atoms with Gasteiger partial charge in [-0.3, -0.25) is 0 Å². The average Bonchev–Trinajstić information content (AvgIpc) is 2.60. The zero-order valence-electron chi connectivity index (χ0n) is 13.2. The second-order valence-corrected chi connectivity index (χ2v) is 5.08. The van der Waals surface area contributed by atoms with Gasteiger partial charge in [0, 0.05) is 12.3 Å². The first kappa shape index (κ1) is 17.0. The Morgan fingerprint density at radius 3 is 2.43 bits per heavy atom. The lowest BCUT2D eigenvalue weighted by atomic mass is 10.1. The molecule has 0 radical (unpaired) electrons. The maximum atomic E-state index is 12.1. The second kappa shape index (κ2) is 8.92. The molecular formula is C18H22N2O3. The summed E-state index contributed by atoms with van der Waals surface area (Å²) >= 11 is 0. The molecule has 1 unspecified atom stereocenters. The van der Waals surface area contributed by atoms with E-state index in [0.29, 0.717) is 18.9 Å². The molecule has 0 saturated heterocycles. The van der Waals surface area contributed by atoms with Gasteiger partial charge in [-0.15, -0.1) is 0 Å².